The van der Waals surface area contributed by atoms with E-state index in [9.17, 15) is 0 Å². The highest BCUT2D eigenvalue weighted by Gasteiger charge is 2.11. The lowest BCUT2D eigenvalue weighted by Gasteiger charge is -2.20. The summed E-state index contributed by atoms with van der Waals surface area (Å²) >= 11 is 0. The van der Waals surface area contributed by atoms with E-state index in [4.69, 9.17) is 5.73 Å². The van der Waals surface area contributed by atoms with Gasteiger partial charge in [-0.2, -0.15) is 0 Å². The van der Waals surface area contributed by atoms with Gasteiger partial charge in [0.15, 0.2) is 11.6 Å². The first kappa shape index (κ1) is 16.1. The number of nitrogens with one attached hydrogen (secondary N) is 1. The van der Waals surface area contributed by atoms with Gasteiger partial charge < -0.3 is 16.0 Å². The highest BCUT2D eigenvalue weighted by molar-refractivity contribution is 5.74. The van der Waals surface area contributed by atoms with E-state index in [0.29, 0.717) is 11.5 Å². The summed E-state index contributed by atoms with van der Waals surface area (Å²) in [4.78, 5) is 10.7. The molecule has 0 aliphatic rings. The van der Waals surface area contributed by atoms with E-state index in [-0.39, 0.29) is 0 Å². The van der Waals surface area contributed by atoms with Crippen molar-refractivity contribution in [2.24, 2.45) is 0 Å². The van der Waals surface area contributed by atoms with Crippen LogP contribution in [0.1, 0.15) is 25.3 Å². The molecule has 0 amide bonds. The number of anilines is 3. The van der Waals surface area contributed by atoms with Gasteiger partial charge in [-0.05, 0) is 18.4 Å². The van der Waals surface area contributed by atoms with Crippen LogP contribution in [0.15, 0.2) is 36.7 Å². The highest BCUT2D eigenvalue weighted by Crippen LogP contribution is 2.25. The standard InChI is InChI=1S/C17H25N5/c1-3-4-12-22(2)17-15(18)16(20-13-21-17)19-11-10-14-8-6-5-7-9-14/h5-9,13H,3-4,10-12,18H2,1-2H3,(H,19,20,21). The second kappa shape index (κ2) is 8.22. The summed E-state index contributed by atoms with van der Waals surface area (Å²) < 4.78 is 0. The topological polar surface area (TPSA) is 67.1 Å². The van der Waals surface area contributed by atoms with Gasteiger partial charge in [0.05, 0.1) is 0 Å². The fourth-order valence-electron chi connectivity index (χ4n) is 2.30. The molecule has 0 aliphatic carbocycles. The van der Waals surface area contributed by atoms with Crippen LogP contribution >= 0.6 is 0 Å². The molecule has 0 bridgehead atoms. The number of hydrogen-bond acceptors (Lipinski definition) is 5. The van der Waals surface area contributed by atoms with Gasteiger partial charge in [-0.25, -0.2) is 9.97 Å². The minimum Gasteiger partial charge on any atom is -0.393 e. The molecule has 22 heavy (non-hydrogen) atoms. The molecule has 5 nitrogen and oxygen atoms in total. The van der Waals surface area contributed by atoms with E-state index in [1.165, 1.54) is 5.56 Å². The van der Waals surface area contributed by atoms with Crippen molar-refractivity contribution in [2.45, 2.75) is 26.2 Å². The average Bonchev–Trinajstić information content (AvgIpc) is 2.55. The summed E-state index contributed by atoms with van der Waals surface area (Å²) in [7, 11) is 2.02. The van der Waals surface area contributed by atoms with Gasteiger partial charge in [-0.3, -0.25) is 0 Å². The minimum absolute atomic E-state index is 0.620. The Morgan fingerprint density at radius 1 is 1.18 bits per heavy atom. The fraction of sp³-hybridized carbons (Fsp3) is 0.412. The molecule has 0 aliphatic heterocycles. The zero-order valence-electron chi connectivity index (χ0n) is 13.4. The number of rotatable bonds is 8. The Morgan fingerprint density at radius 3 is 2.68 bits per heavy atom. The maximum atomic E-state index is 6.21. The first-order valence-electron chi connectivity index (χ1n) is 7.81. The van der Waals surface area contributed by atoms with Gasteiger partial charge in [0.1, 0.15) is 12.0 Å². The second-order valence-electron chi connectivity index (χ2n) is 5.40. The van der Waals surface area contributed by atoms with Crippen LogP contribution in [0.25, 0.3) is 0 Å². The predicted octanol–water partition coefficient (Wildman–Crippen LogP) is 2.95. The number of nitrogens with two attached hydrogens (primary N) is 1. The van der Waals surface area contributed by atoms with E-state index in [1.807, 2.05) is 13.1 Å². The van der Waals surface area contributed by atoms with Gasteiger partial charge >= 0.3 is 0 Å². The maximum Gasteiger partial charge on any atom is 0.157 e. The molecule has 0 saturated carbocycles. The summed E-state index contributed by atoms with van der Waals surface area (Å²) in [6, 6.07) is 10.4. The molecule has 0 unspecified atom stereocenters. The number of nitrogen functional groups attached to an aromatic ring is 1. The molecule has 1 aromatic heterocycles. The van der Waals surface area contributed by atoms with Crippen molar-refractivity contribution in [2.75, 3.05) is 36.1 Å². The largest absolute Gasteiger partial charge is 0.393 e. The first-order valence-corrected chi connectivity index (χ1v) is 7.81. The molecule has 2 aromatic rings. The number of hydrogen-bond donors (Lipinski definition) is 2. The monoisotopic (exact) mass is 299 g/mol. The van der Waals surface area contributed by atoms with Crippen molar-refractivity contribution < 1.29 is 0 Å². The Kier molecular flexibility index (Phi) is 6.01. The Labute approximate surface area is 132 Å². The van der Waals surface area contributed by atoms with Crippen molar-refractivity contribution in [1.82, 2.24) is 9.97 Å². The van der Waals surface area contributed by atoms with Crippen LogP contribution < -0.4 is 16.0 Å². The van der Waals surface area contributed by atoms with Gasteiger partial charge in [-0.15, -0.1) is 0 Å². The molecular formula is C17H25N5. The highest BCUT2D eigenvalue weighted by atomic mass is 15.2. The third kappa shape index (κ3) is 4.35. The first-order chi connectivity index (χ1) is 10.7. The zero-order valence-corrected chi connectivity index (χ0v) is 13.4. The summed E-state index contributed by atoms with van der Waals surface area (Å²) in [5.41, 5.74) is 8.12. The normalized spacial score (nSPS) is 10.5. The quantitative estimate of drug-likeness (QED) is 0.784. The Hall–Kier alpha value is -2.30. The average molecular weight is 299 g/mol. The lowest BCUT2D eigenvalue weighted by molar-refractivity contribution is 0.759. The Balaban J connectivity index is 1.96. The van der Waals surface area contributed by atoms with Gasteiger partial charge in [-0.1, -0.05) is 43.7 Å². The smallest absolute Gasteiger partial charge is 0.157 e. The van der Waals surface area contributed by atoms with Gasteiger partial charge in [0, 0.05) is 20.1 Å². The molecule has 3 N–H and O–H groups in total. The van der Waals surface area contributed by atoms with E-state index in [2.05, 4.69) is 51.4 Å². The molecule has 0 radical (unpaired) electrons. The molecule has 0 atom stereocenters. The summed E-state index contributed by atoms with van der Waals surface area (Å²) in [6.07, 6.45) is 4.78. The van der Waals surface area contributed by atoms with Crippen LogP contribution in [0.4, 0.5) is 17.3 Å². The molecule has 0 fully saturated rings. The van der Waals surface area contributed by atoms with Crippen molar-refractivity contribution in [3.63, 3.8) is 0 Å². The number of aromatic nitrogens is 2. The lowest BCUT2D eigenvalue weighted by atomic mass is 10.1. The van der Waals surface area contributed by atoms with Crippen molar-refractivity contribution in [1.29, 1.82) is 0 Å². The van der Waals surface area contributed by atoms with Crippen LogP contribution in [0.2, 0.25) is 0 Å². The predicted molar refractivity (Wildman–Crippen MR) is 93.3 cm³/mol. The Bertz CT molecular complexity index is 571. The Morgan fingerprint density at radius 2 is 1.95 bits per heavy atom. The lowest BCUT2D eigenvalue weighted by Crippen LogP contribution is -2.22. The summed E-state index contributed by atoms with van der Waals surface area (Å²) in [5.74, 6) is 1.51. The third-order valence-electron chi connectivity index (χ3n) is 3.62. The second-order valence-corrected chi connectivity index (χ2v) is 5.40. The molecule has 118 valence electrons. The van der Waals surface area contributed by atoms with E-state index in [1.54, 1.807) is 6.33 Å². The molecule has 1 heterocycles. The third-order valence-corrected chi connectivity index (χ3v) is 3.62. The van der Waals surface area contributed by atoms with Crippen molar-refractivity contribution in [3.8, 4) is 0 Å². The minimum atomic E-state index is 0.620. The van der Waals surface area contributed by atoms with Crippen LogP contribution in [-0.4, -0.2) is 30.1 Å². The molecule has 5 heteroatoms. The van der Waals surface area contributed by atoms with Crippen molar-refractivity contribution >= 4 is 17.3 Å². The summed E-state index contributed by atoms with van der Waals surface area (Å²) in [5, 5.41) is 3.31. The van der Waals surface area contributed by atoms with Gasteiger partial charge in [0.2, 0.25) is 0 Å². The number of benzene rings is 1. The molecule has 2 rings (SSSR count). The van der Waals surface area contributed by atoms with Crippen LogP contribution in [0, 0.1) is 0 Å². The van der Waals surface area contributed by atoms with Crippen LogP contribution in [0.5, 0.6) is 0 Å². The molecule has 0 saturated heterocycles. The van der Waals surface area contributed by atoms with Crippen molar-refractivity contribution in [3.05, 3.63) is 42.2 Å². The number of unbranched alkanes of at least 4 members (excludes halogenated alkanes) is 1. The fourth-order valence-corrected chi connectivity index (χ4v) is 2.30. The maximum absolute atomic E-state index is 6.21. The molecular weight excluding hydrogens is 274 g/mol. The summed E-state index contributed by atoms with van der Waals surface area (Å²) in [6.45, 7) is 3.91. The van der Waals surface area contributed by atoms with E-state index < -0.39 is 0 Å². The van der Waals surface area contributed by atoms with E-state index >= 15 is 0 Å². The number of nitrogens with zero attached hydrogens (tertiary/aromatic N) is 3. The van der Waals surface area contributed by atoms with Crippen LogP contribution in [-0.2, 0) is 6.42 Å². The molecule has 1 aromatic carbocycles. The zero-order chi connectivity index (χ0) is 15.8. The van der Waals surface area contributed by atoms with Gasteiger partial charge in [0.25, 0.3) is 0 Å². The SMILES string of the molecule is CCCCN(C)c1ncnc(NCCc2ccccc2)c1N. The van der Waals surface area contributed by atoms with E-state index in [0.717, 1.165) is 38.2 Å². The van der Waals surface area contributed by atoms with Crippen LogP contribution in [0.3, 0.4) is 0 Å². The molecule has 0 spiro atoms.